The molecule has 0 atom stereocenters. The van der Waals surface area contributed by atoms with Gasteiger partial charge in [-0.3, -0.25) is 4.79 Å². The van der Waals surface area contributed by atoms with Crippen molar-refractivity contribution in [3.63, 3.8) is 0 Å². The van der Waals surface area contributed by atoms with Crippen LogP contribution in [-0.2, 0) is 0 Å². The van der Waals surface area contributed by atoms with E-state index < -0.39 is 0 Å². The molecule has 0 radical (unpaired) electrons. The standard InChI is InChI=1S/C13H10N2OS/c1-8-14-11-10(9-5-3-2-4-6-9)7-17-12(11)13(16)15-8/h2-7H,1H3,(H,14,15,16). The molecule has 0 saturated carbocycles. The van der Waals surface area contributed by atoms with Crippen molar-refractivity contribution in [1.29, 1.82) is 0 Å². The van der Waals surface area contributed by atoms with Crippen LogP contribution in [0.5, 0.6) is 0 Å². The molecule has 0 amide bonds. The average molecular weight is 242 g/mol. The molecule has 0 aliphatic rings. The van der Waals surface area contributed by atoms with Crippen LogP contribution in [0.3, 0.4) is 0 Å². The number of benzene rings is 1. The van der Waals surface area contributed by atoms with E-state index in [1.54, 1.807) is 6.92 Å². The predicted octanol–water partition coefficient (Wildman–Crippen LogP) is 2.96. The molecule has 3 aromatic rings. The van der Waals surface area contributed by atoms with Crippen LogP contribution in [0.25, 0.3) is 21.3 Å². The van der Waals surface area contributed by atoms with E-state index in [-0.39, 0.29) is 5.56 Å². The summed E-state index contributed by atoms with van der Waals surface area (Å²) in [7, 11) is 0. The Bertz CT molecular complexity index is 728. The third-order valence-corrected chi connectivity index (χ3v) is 3.60. The lowest BCUT2D eigenvalue weighted by atomic mass is 10.1. The van der Waals surface area contributed by atoms with Gasteiger partial charge in [-0.2, -0.15) is 0 Å². The number of aromatic amines is 1. The van der Waals surface area contributed by atoms with Crippen LogP contribution >= 0.6 is 11.3 Å². The Balaban J connectivity index is 2.36. The molecule has 0 aliphatic carbocycles. The van der Waals surface area contributed by atoms with E-state index >= 15 is 0 Å². The van der Waals surface area contributed by atoms with Gasteiger partial charge in [-0.1, -0.05) is 30.3 Å². The Hall–Kier alpha value is -1.94. The van der Waals surface area contributed by atoms with E-state index in [2.05, 4.69) is 9.97 Å². The maximum Gasteiger partial charge on any atom is 0.268 e. The molecule has 0 unspecified atom stereocenters. The first-order chi connectivity index (χ1) is 8.25. The van der Waals surface area contributed by atoms with Crippen molar-refractivity contribution < 1.29 is 0 Å². The minimum atomic E-state index is -0.0559. The van der Waals surface area contributed by atoms with Crippen molar-refractivity contribution >= 4 is 21.6 Å². The summed E-state index contributed by atoms with van der Waals surface area (Å²) in [6, 6.07) is 10.0. The van der Waals surface area contributed by atoms with Crippen LogP contribution in [0, 0.1) is 6.92 Å². The van der Waals surface area contributed by atoms with Crippen LogP contribution < -0.4 is 5.56 Å². The summed E-state index contributed by atoms with van der Waals surface area (Å²) in [4.78, 5) is 18.9. The van der Waals surface area contributed by atoms with Crippen LogP contribution in [0.4, 0.5) is 0 Å². The highest BCUT2D eigenvalue weighted by atomic mass is 32.1. The lowest BCUT2D eigenvalue weighted by Crippen LogP contribution is -2.07. The van der Waals surface area contributed by atoms with Gasteiger partial charge >= 0.3 is 0 Å². The SMILES string of the molecule is Cc1nc2c(-c3ccccc3)csc2c(=O)[nH]1. The zero-order valence-corrected chi connectivity index (χ0v) is 10.0. The third kappa shape index (κ3) is 1.66. The number of nitrogens with zero attached hydrogens (tertiary/aromatic N) is 1. The fraction of sp³-hybridized carbons (Fsp3) is 0.0769. The molecule has 1 N–H and O–H groups in total. The summed E-state index contributed by atoms with van der Waals surface area (Å²) in [5.74, 6) is 0.651. The molecule has 2 aromatic heterocycles. The smallest absolute Gasteiger partial charge is 0.268 e. The second kappa shape index (κ2) is 3.82. The van der Waals surface area contributed by atoms with Crippen molar-refractivity contribution in [3.8, 4) is 11.1 Å². The van der Waals surface area contributed by atoms with Crippen molar-refractivity contribution in [2.24, 2.45) is 0 Å². The number of hydrogen-bond donors (Lipinski definition) is 1. The van der Waals surface area contributed by atoms with Gasteiger partial charge in [-0.25, -0.2) is 4.98 Å². The first kappa shape index (κ1) is 10.2. The summed E-state index contributed by atoms with van der Waals surface area (Å²) >= 11 is 1.44. The van der Waals surface area contributed by atoms with Crippen molar-refractivity contribution in [2.45, 2.75) is 6.92 Å². The number of fused-ring (bicyclic) bond motifs is 1. The summed E-state index contributed by atoms with van der Waals surface area (Å²) in [5, 5.41) is 1.99. The van der Waals surface area contributed by atoms with E-state index in [9.17, 15) is 4.79 Å². The van der Waals surface area contributed by atoms with Crippen LogP contribution in [-0.4, -0.2) is 9.97 Å². The van der Waals surface area contributed by atoms with Crippen molar-refractivity contribution in [2.75, 3.05) is 0 Å². The molecule has 3 rings (SSSR count). The van der Waals surface area contributed by atoms with Crippen LogP contribution in [0.1, 0.15) is 5.82 Å². The number of thiophene rings is 1. The summed E-state index contributed by atoms with van der Waals surface area (Å²) in [5.41, 5.74) is 2.86. The predicted molar refractivity (Wildman–Crippen MR) is 70.4 cm³/mol. The van der Waals surface area contributed by atoms with Gasteiger partial charge in [0.05, 0.1) is 5.52 Å². The Morgan fingerprint density at radius 3 is 2.76 bits per heavy atom. The van der Waals surface area contributed by atoms with E-state index in [1.165, 1.54) is 11.3 Å². The quantitative estimate of drug-likeness (QED) is 0.713. The lowest BCUT2D eigenvalue weighted by Gasteiger charge is -1.99. The van der Waals surface area contributed by atoms with E-state index in [4.69, 9.17) is 0 Å². The van der Waals surface area contributed by atoms with E-state index in [1.807, 2.05) is 35.7 Å². The van der Waals surface area contributed by atoms with Gasteiger partial charge in [0, 0.05) is 10.9 Å². The molecular formula is C13H10N2OS. The van der Waals surface area contributed by atoms with Gasteiger partial charge in [0.25, 0.3) is 5.56 Å². The Morgan fingerprint density at radius 1 is 1.24 bits per heavy atom. The number of hydrogen-bond acceptors (Lipinski definition) is 3. The summed E-state index contributed by atoms with van der Waals surface area (Å²) in [6.45, 7) is 1.80. The average Bonchev–Trinajstić information content (AvgIpc) is 2.74. The zero-order valence-electron chi connectivity index (χ0n) is 9.23. The van der Waals surface area contributed by atoms with Gasteiger partial charge in [0.2, 0.25) is 0 Å². The molecule has 3 nitrogen and oxygen atoms in total. The number of H-pyrrole nitrogens is 1. The zero-order chi connectivity index (χ0) is 11.8. The normalized spacial score (nSPS) is 10.9. The highest BCUT2D eigenvalue weighted by molar-refractivity contribution is 7.17. The lowest BCUT2D eigenvalue weighted by molar-refractivity contribution is 1.06. The fourth-order valence-corrected chi connectivity index (χ4v) is 2.77. The summed E-state index contributed by atoms with van der Waals surface area (Å²) < 4.78 is 0.689. The number of rotatable bonds is 1. The van der Waals surface area contributed by atoms with Gasteiger partial charge in [-0.05, 0) is 12.5 Å². The minimum absolute atomic E-state index is 0.0559. The highest BCUT2D eigenvalue weighted by Crippen LogP contribution is 2.30. The maximum atomic E-state index is 11.8. The molecule has 0 fully saturated rings. The molecule has 0 saturated heterocycles. The largest absolute Gasteiger partial charge is 0.310 e. The number of aromatic nitrogens is 2. The fourth-order valence-electron chi connectivity index (χ4n) is 1.86. The monoisotopic (exact) mass is 242 g/mol. The second-order valence-corrected chi connectivity index (χ2v) is 4.72. The maximum absolute atomic E-state index is 11.8. The van der Waals surface area contributed by atoms with Gasteiger partial charge < -0.3 is 4.98 Å². The first-order valence-electron chi connectivity index (χ1n) is 5.29. The third-order valence-electron chi connectivity index (χ3n) is 2.63. The Kier molecular flexibility index (Phi) is 2.30. The molecule has 2 heterocycles. The van der Waals surface area contributed by atoms with E-state index in [0.717, 1.165) is 16.6 Å². The molecule has 17 heavy (non-hydrogen) atoms. The molecule has 84 valence electrons. The van der Waals surface area contributed by atoms with Crippen LogP contribution in [0.2, 0.25) is 0 Å². The highest BCUT2D eigenvalue weighted by Gasteiger charge is 2.10. The molecule has 0 bridgehead atoms. The van der Waals surface area contributed by atoms with Crippen LogP contribution in [0.15, 0.2) is 40.5 Å². The molecular weight excluding hydrogens is 232 g/mol. The van der Waals surface area contributed by atoms with Crippen molar-refractivity contribution in [1.82, 2.24) is 9.97 Å². The van der Waals surface area contributed by atoms with Gasteiger partial charge in [0.15, 0.2) is 0 Å². The Labute approximate surface area is 102 Å². The minimum Gasteiger partial charge on any atom is -0.310 e. The second-order valence-electron chi connectivity index (χ2n) is 3.84. The van der Waals surface area contributed by atoms with Gasteiger partial charge in [0.1, 0.15) is 10.5 Å². The molecule has 0 aliphatic heterocycles. The topological polar surface area (TPSA) is 45.8 Å². The van der Waals surface area contributed by atoms with E-state index in [0.29, 0.717) is 10.5 Å². The van der Waals surface area contributed by atoms with Crippen molar-refractivity contribution in [3.05, 3.63) is 51.9 Å². The summed E-state index contributed by atoms with van der Waals surface area (Å²) in [6.07, 6.45) is 0. The van der Waals surface area contributed by atoms with Gasteiger partial charge in [-0.15, -0.1) is 11.3 Å². The Morgan fingerprint density at radius 2 is 2.00 bits per heavy atom. The number of nitrogens with one attached hydrogen (secondary N) is 1. The number of aryl methyl sites for hydroxylation is 1. The molecule has 0 spiro atoms. The first-order valence-corrected chi connectivity index (χ1v) is 6.17. The molecule has 4 heteroatoms. The molecule has 1 aromatic carbocycles.